The van der Waals surface area contributed by atoms with Gasteiger partial charge < -0.3 is 10.2 Å². The van der Waals surface area contributed by atoms with Crippen LogP contribution in [0, 0.1) is 6.92 Å². The molecule has 0 aromatic carbocycles. The van der Waals surface area contributed by atoms with Gasteiger partial charge in [0.15, 0.2) is 5.69 Å². The quantitative estimate of drug-likeness (QED) is 0.873. The fourth-order valence-corrected chi connectivity index (χ4v) is 4.39. The molecule has 23 heavy (non-hydrogen) atoms. The summed E-state index contributed by atoms with van der Waals surface area (Å²) in [6.07, 6.45) is 2.09. The first-order chi connectivity index (χ1) is 10.5. The Hall–Kier alpha value is -0.790. The third kappa shape index (κ3) is 4.00. The van der Waals surface area contributed by atoms with Crippen LogP contribution in [0.1, 0.15) is 48.9 Å². The van der Waals surface area contributed by atoms with Gasteiger partial charge in [0.1, 0.15) is 0 Å². The highest BCUT2D eigenvalue weighted by molar-refractivity contribution is 8.00. The molecule has 2 aliphatic rings. The average molecular weight is 360 g/mol. The zero-order valence-corrected chi connectivity index (χ0v) is 15.7. The summed E-state index contributed by atoms with van der Waals surface area (Å²) >= 11 is 1.93. The van der Waals surface area contributed by atoms with Gasteiger partial charge in [-0.3, -0.25) is 4.79 Å². The van der Waals surface area contributed by atoms with Gasteiger partial charge >= 0.3 is 0 Å². The van der Waals surface area contributed by atoms with Crippen molar-refractivity contribution in [2.45, 2.75) is 44.4 Å². The molecule has 0 radical (unpaired) electrons. The first-order valence-corrected chi connectivity index (χ1v) is 9.02. The Bertz CT molecular complexity index is 556. The first kappa shape index (κ1) is 18.5. The van der Waals surface area contributed by atoms with Crippen molar-refractivity contribution in [1.29, 1.82) is 0 Å². The van der Waals surface area contributed by atoms with Crippen LogP contribution in [-0.4, -0.2) is 62.5 Å². The third-order valence-corrected chi connectivity index (χ3v) is 5.79. The number of carbonyl (C=O) groups excluding carboxylic acids is 1. The largest absolute Gasteiger partial charge is 0.335 e. The predicted molar refractivity (Wildman–Crippen MR) is 95.6 cm³/mol. The van der Waals surface area contributed by atoms with E-state index in [0.717, 1.165) is 50.5 Å². The van der Waals surface area contributed by atoms with Crippen LogP contribution in [0.2, 0.25) is 0 Å². The van der Waals surface area contributed by atoms with Crippen LogP contribution in [0.3, 0.4) is 0 Å². The van der Waals surface area contributed by atoms with Crippen LogP contribution in [0.25, 0.3) is 0 Å². The third-order valence-electron chi connectivity index (χ3n) is 4.50. The lowest BCUT2D eigenvalue weighted by Crippen LogP contribution is -2.46. The van der Waals surface area contributed by atoms with E-state index in [2.05, 4.69) is 29.5 Å². The SMILES string of the molecule is Cc1c(C(=O)N2CCSC(C)(C)C2)nnn1C1CCNCC1.Cl. The van der Waals surface area contributed by atoms with E-state index < -0.39 is 0 Å². The van der Waals surface area contributed by atoms with Gasteiger partial charge in [0.2, 0.25) is 0 Å². The van der Waals surface area contributed by atoms with Crippen LogP contribution < -0.4 is 5.32 Å². The molecule has 2 fully saturated rings. The second kappa shape index (κ2) is 7.40. The normalized spacial score (nSPS) is 21.8. The molecule has 2 saturated heterocycles. The summed E-state index contributed by atoms with van der Waals surface area (Å²) in [7, 11) is 0. The van der Waals surface area contributed by atoms with Crippen LogP contribution in [0.15, 0.2) is 0 Å². The van der Waals surface area contributed by atoms with Gasteiger partial charge in [-0.1, -0.05) is 5.21 Å². The number of nitrogens with zero attached hydrogens (tertiary/aromatic N) is 4. The second-order valence-corrected chi connectivity index (χ2v) is 8.59. The molecule has 3 rings (SSSR count). The van der Waals surface area contributed by atoms with Crippen molar-refractivity contribution in [3.8, 4) is 0 Å². The van der Waals surface area contributed by atoms with Gasteiger partial charge in [-0.15, -0.1) is 17.5 Å². The lowest BCUT2D eigenvalue weighted by molar-refractivity contribution is 0.0741. The standard InChI is InChI=1S/C15H25N5OS.ClH/c1-11-13(14(21)19-8-9-22-15(2,3)10-19)17-18-20(11)12-4-6-16-7-5-12;/h12,16H,4-10H2,1-3H3;1H. The molecule has 2 aliphatic heterocycles. The minimum atomic E-state index is 0. The smallest absolute Gasteiger partial charge is 0.276 e. The first-order valence-electron chi connectivity index (χ1n) is 8.04. The summed E-state index contributed by atoms with van der Waals surface area (Å²) in [6.45, 7) is 9.93. The molecule has 0 spiro atoms. The highest BCUT2D eigenvalue weighted by Crippen LogP contribution is 2.30. The highest BCUT2D eigenvalue weighted by Gasteiger charge is 2.32. The predicted octanol–water partition coefficient (Wildman–Crippen LogP) is 1.90. The lowest BCUT2D eigenvalue weighted by atomic mass is 10.1. The van der Waals surface area contributed by atoms with Gasteiger partial charge in [-0.2, -0.15) is 11.8 Å². The molecule has 1 aromatic rings. The average Bonchev–Trinajstić information content (AvgIpc) is 2.88. The Labute approximate surface area is 148 Å². The van der Waals surface area contributed by atoms with Crippen molar-refractivity contribution in [1.82, 2.24) is 25.2 Å². The fraction of sp³-hybridized carbons (Fsp3) is 0.800. The van der Waals surface area contributed by atoms with E-state index >= 15 is 0 Å². The number of amides is 1. The topological polar surface area (TPSA) is 63.1 Å². The number of aromatic nitrogens is 3. The molecule has 0 aliphatic carbocycles. The van der Waals surface area contributed by atoms with Gasteiger partial charge in [0.05, 0.1) is 11.7 Å². The van der Waals surface area contributed by atoms with Crippen molar-refractivity contribution in [3.05, 3.63) is 11.4 Å². The number of hydrogen-bond acceptors (Lipinski definition) is 5. The molecule has 3 heterocycles. The van der Waals surface area contributed by atoms with Crippen molar-refractivity contribution in [2.75, 3.05) is 31.9 Å². The van der Waals surface area contributed by atoms with Crippen molar-refractivity contribution >= 4 is 30.1 Å². The van der Waals surface area contributed by atoms with Gasteiger partial charge in [-0.25, -0.2) is 4.68 Å². The molecule has 0 atom stereocenters. The number of nitrogens with one attached hydrogen (secondary N) is 1. The number of carbonyl (C=O) groups is 1. The van der Waals surface area contributed by atoms with E-state index in [9.17, 15) is 4.79 Å². The summed E-state index contributed by atoms with van der Waals surface area (Å²) in [6, 6.07) is 0.364. The van der Waals surface area contributed by atoms with E-state index in [1.54, 1.807) is 0 Å². The van der Waals surface area contributed by atoms with E-state index in [4.69, 9.17) is 0 Å². The highest BCUT2D eigenvalue weighted by atomic mass is 35.5. The molecular weight excluding hydrogens is 334 g/mol. The summed E-state index contributed by atoms with van der Waals surface area (Å²) in [4.78, 5) is 14.7. The Morgan fingerprint density at radius 1 is 1.35 bits per heavy atom. The maximum Gasteiger partial charge on any atom is 0.276 e. The lowest BCUT2D eigenvalue weighted by Gasteiger charge is -2.37. The number of halogens is 1. The molecule has 130 valence electrons. The second-order valence-electron chi connectivity index (χ2n) is 6.78. The van der Waals surface area contributed by atoms with Crippen LogP contribution >= 0.6 is 24.2 Å². The summed E-state index contributed by atoms with van der Waals surface area (Å²) < 4.78 is 2.07. The van der Waals surface area contributed by atoms with Crippen LogP contribution in [0.4, 0.5) is 0 Å². The van der Waals surface area contributed by atoms with Gasteiger partial charge in [0, 0.05) is 23.6 Å². The molecule has 0 saturated carbocycles. The van der Waals surface area contributed by atoms with Crippen LogP contribution in [0.5, 0.6) is 0 Å². The molecule has 1 aromatic heterocycles. The zero-order valence-electron chi connectivity index (χ0n) is 14.0. The summed E-state index contributed by atoms with van der Waals surface area (Å²) in [5, 5.41) is 11.8. The number of piperidine rings is 1. The minimum Gasteiger partial charge on any atom is -0.335 e. The Morgan fingerprint density at radius 3 is 2.70 bits per heavy atom. The minimum absolute atomic E-state index is 0. The Balaban J connectivity index is 0.00000192. The zero-order chi connectivity index (χ0) is 15.7. The van der Waals surface area contributed by atoms with E-state index in [1.807, 2.05) is 28.3 Å². The van der Waals surface area contributed by atoms with Crippen LogP contribution in [-0.2, 0) is 0 Å². The molecule has 1 amide bonds. The van der Waals surface area contributed by atoms with E-state index in [0.29, 0.717) is 11.7 Å². The Kier molecular flexibility index (Phi) is 5.97. The number of hydrogen-bond donors (Lipinski definition) is 1. The Morgan fingerprint density at radius 2 is 2.04 bits per heavy atom. The molecule has 8 heteroatoms. The van der Waals surface area contributed by atoms with E-state index in [1.165, 1.54) is 0 Å². The molecule has 1 N–H and O–H groups in total. The van der Waals surface area contributed by atoms with Crippen molar-refractivity contribution < 1.29 is 4.79 Å². The van der Waals surface area contributed by atoms with Gasteiger partial charge in [-0.05, 0) is 46.7 Å². The summed E-state index contributed by atoms with van der Waals surface area (Å²) in [5.41, 5.74) is 1.44. The van der Waals surface area contributed by atoms with Crippen molar-refractivity contribution in [2.24, 2.45) is 0 Å². The molecule has 0 bridgehead atoms. The summed E-state index contributed by atoms with van der Waals surface area (Å²) in [5.74, 6) is 1.02. The monoisotopic (exact) mass is 359 g/mol. The fourth-order valence-electron chi connectivity index (χ4n) is 3.28. The number of rotatable bonds is 2. The molecular formula is C15H26ClN5OS. The van der Waals surface area contributed by atoms with Crippen molar-refractivity contribution in [3.63, 3.8) is 0 Å². The molecule has 0 unspecified atom stereocenters. The maximum atomic E-state index is 12.8. The maximum absolute atomic E-state index is 12.8. The van der Waals surface area contributed by atoms with E-state index in [-0.39, 0.29) is 23.1 Å². The number of thioether (sulfide) groups is 1. The molecule has 6 nitrogen and oxygen atoms in total. The van der Waals surface area contributed by atoms with Gasteiger partial charge in [0.25, 0.3) is 5.91 Å².